The van der Waals surface area contributed by atoms with Crippen LogP contribution in [0.5, 0.6) is 0 Å². The molecule has 0 radical (unpaired) electrons. The Hall–Kier alpha value is -0.130. The van der Waals surface area contributed by atoms with Crippen molar-refractivity contribution in [3.8, 4) is 0 Å². The lowest BCUT2D eigenvalue weighted by atomic mass is 9.81. The minimum absolute atomic E-state index is 0.196. The third-order valence-electron chi connectivity index (χ3n) is 3.59. The molecule has 2 aliphatic carbocycles. The van der Waals surface area contributed by atoms with Crippen molar-refractivity contribution in [2.24, 2.45) is 5.92 Å². The molecule has 0 aromatic rings. The van der Waals surface area contributed by atoms with E-state index in [1.807, 2.05) is 0 Å². The second kappa shape index (κ2) is 4.03. The Labute approximate surface area is 91.1 Å². The van der Waals surface area contributed by atoms with Crippen molar-refractivity contribution in [1.82, 2.24) is 4.72 Å². The van der Waals surface area contributed by atoms with Gasteiger partial charge in [-0.3, -0.25) is 0 Å². The molecule has 0 saturated heterocycles. The molecule has 15 heavy (non-hydrogen) atoms. The molecule has 5 heteroatoms. The van der Waals surface area contributed by atoms with E-state index in [0.29, 0.717) is 5.92 Å². The fourth-order valence-electron chi connectivity index (χ4n) is 2.03. The van der Waals surface area contributed by atoms with Crippen molar-refractivity contribution in [2.75, 3.05) is 12.3 Å². The predicted molar refractivity (Wildman–Crippen MR) is 57.9 cm³/mol. The zero-order valence-electron chi connectivity index (χ0n) is 8.91. The topological polar surface area (TPSA) is 66.4 Å². The zero-order chi connectivity index (χ0) is 10.9. The normalized spacial score (nSPS) is 25.7. The minimum atomic E-state index is -3.16. The van der Waals surface area contributed by atoms with Crippen molar-refractivity contribution in [3.63, 3.8) is 0 Å². The van der Waals surface area contributed by atoms with Crippen LogP contribution >= 0.6 is 0 Å². The lowest BCUT2D eigenvalue weighted by molar-refractivity contribution is -0.0271. The fourth-order valence-corrected chi connectivity index (χ4v) is 3.60. The zero-order valence-corrected chi connectivity index (χ0v) is 9.72. The summed E-state index contributed by atoms with van der Waals surface area (Å²) in [6.45, 7) is 0.196. The molecule has 2 aliphatic rings. The van der Waals surface area contributed by atoms with Gasteiger partial charge in [0.2, 0.25) is 10.0 Å². The van der Waals surface area contributed by atoms with Crippen LogP contribution < -0.4 is 4.72 Å². The Morgan fingerprint density at radius 2 is 1.93 bits per heavy atom. The van der Waals surface area contributed by atoms with E-state index >= 15 is 0 Å². The molecule has 0 unspecified atom stereocenters. The summed E-state index contributed by atoms with van der Waals surface area (Å²) in [5.41, 5.74) is -0.757. The largest absolute Gasteiger partial charge is 0.389 e. The van der Waals surface area contributed by atoms with Gasteiger partial charge in [-0.05, 0) is 38.0 Å². The number of aliphatic hydroxyl groups is 1. The minimum Gasteiger partial charge on any atom is -0.389 e. The van der Waals surface area contributed by atoms with E-state index in [0.717, 1.165) is 38.5 Å². The third-order valence-corrected chi connectivity index (χ3v) is 5.08. The molecule has 0 amide bonds. The van der Waals surface area contributed by atoms with Gasteiger partial charge in [0.25, 0.3) is 0 Å². The van der Waals surface area contributed by atoms with Gasteiger partial charge >= 0.3 is 0 Å². The maximum Gasteiger partial charge on any atom is 0.211 e. The number of rotatable bonds is 5. The lowest BCUT2D eigenvalue weighted by Crippen LogP contribution is -2.48. The first-order valence-corrected chi connectivity index (χ1v) is 7.34. The van der Waals surface area contributed by atoms with E-state index < -0.39 is 15.6 Å². The van der Waals surface area contributed by atoms with Crippen molar-refractivity contribution in [1.29, 1.82) is 0 Å². The summed E-state index contributed by atoms with van der Waals surface area (Å²) in [6, 6.07) is 0. The molecular weight excluding hydrogens is 214 g/mol. The van der Waals surface area contributed by atoms with E-state index in [2.05, 4.69) is 4.72 Å². The number of nitrogens with one attached hydrogen (secondary N) is 1. The van der Waals surface area contributed by atoms with Gasteiger partial charge < -0.3 is 5.11 Å². The van der Waals surface area contributed by atoms with Crippen LogP contribution in [0, 0.1) is 5.92 Å². The quantitative estimate of drug-likeness (QED) is 0.731. The molecule has 0 aliphatic heterocycles. The third kappa shape index (κ3) is 2.92. The van der Waals surface area contributed by atoms with Crippen molar-refractivity contribution in [3.05, 3.63) is 0 Å². The first-order chi connectivity index (χ1) is 6.99. The van der Waals surface area contributed by atoms with E-state index in [-0.39, 0.29) is 12.3 Å². The summed E-state index contributed by atoms with van der Waals surface area (Å²) in [6.07, 6.45) is 5.67. The molecule has 0 aromatic carbocycles. The molecule has 0 spiro atoms. The molecule has 0 heterocycles. The van der Waals surface area contributed by atoms with Gasteiger partial charge in [0.05, 0.1) is 11.4 Å². The second-order valence-electron chi connectivity index (χ2n) is 4.98. The molecule has 2 fully saturated rings. The Morgan fingerprint density at radius 1 is 1.27 bits per heavy atom. The van der Waals surface area contributed by atoms with E-state index in [4.69, 9.17) is 0 Å². The summed E-state index contributed by atoms with van der Waals surface area (Å²) in [4.78, 5) is 0. The fraction of sp³-hybridized carbons (Fsp3) is 1.00. The molecule has 2 N–H and O–H groups in total. The first-order valence-electron chi connectivity index (χ1n) is 5.69. The summed E-state index contributed by atoms with van der Waals surface area (Å²) in [7, 11) is -3.16. The lowest BCUT2D eigenvalue weighted by Gasteiger charge is -2.36. The Morgan fingerprint density at radius 3 is 2.33 bits per heavy atom. The maximum atomic E-state index is 11.6. The molecule has 0 aromatic heterocycles. The Kier molecular flexibility index (Phi) is 3.05. The van der Waals surface area contributed by atoms with Gasteiger partial charge in [-0.25, -0.2) is 13.1 Å². The van der Waals surface area contributed by atoms with Gasteiger partial charge in [-0.2, -0.15) is 0 Å². The highest BCUT2D eigenvalue weighted by Crippen LogP contribution is 2.31. The van der Waals surface area contributed by atoms with E-state index in [1.54, 1.807) is 0 Å². The van der Waals surface area contributed by atoms with Gasteiger partial charge in [-0.1, -0.05) is 6.42 Å². The van der Waals surface area contributed by atoms with Crippen LogP contribution in [-0.2, 0) is 10.0 Å². The highest BCUT2D eigenvalue weighted by Gasteiger charge is 2.35. The highest BCUT2D eigenvalue weighted by atomic mass is 32.2. The molecule has 88 valence electrons. The molecule has 2 rings (SSSR count). The Balaban J connectivity index is 1.76. The molecule has 2 saturated carbocycles. The van der Waals surface area contributed by atoms with Crippen LogP contribution in [0.1, 0.15) is 38.5 Å². The van der Waals surface area contributed by atoms with E-state index in [9.17, 15) is 13.5 Å². The van der Waals surface area contributed by atoms with Crippen LogP contribution in [0.2, 0.25) is 0 Å². The van der Waals surface area contributed by atoms with Crippen LogP contribution in [0.25, 0.3) is 0 Å². The van der Waals surface area contributed by atoms with Crippen molar-refractivity contribution < 1.29 is 13.5 Å². The van der Waals surface area contributed by atoms with Gasteiger partial charge in [-0.15, -0.1) is 0 Å². The summed E-state index contributed by atoms with van der Waals surface area (Å²) < 4.78 is 25.7. The average molecular weight is 233 g/mol. The van der Waals surface area contributed by atoms with Crippen molar-refractivity contribution in [2.45, 2.75) is 44.1 Å². The van der Waals surface area contributed by atoms with Crippen LogP contribution in [0.15, 0.2) is 0 Å². The Bertz CT molecular complexity index is 318. The summed E-state index contributed by atoms with van der Waals surface area (Å²) in [5, 5.41) is 9.75. The number of hydrogen-bond acceptors (Lipinski definition) is 3. The van der Waals surface area contributed by atoms with Crippen LogP contribution in [-0.4, -0.2) is 31.4 Å². The average Bonchev–Trinajstić information content (AvgIpc) is 2.05. The van der Waals surface area contributed by atoms with E-state index in [1.165, 1.54) is 0 Å². The second-order valence-corrected chi connectivity index (χ2v) is 6.83. The first kappa shape index (κ1) is 11.4. The van der Waals surface area contributed by atoms with Crippen LogP contribution in [0.4, 0.5) is 0 Å². The van der Waals surface area contributed by atoms with Crippen LogP contribution in [0.3, 0.4) is 0 Å². The SMILES string of the molecule is O=S(=O)(CC1CCC1)NCC1(O)CCC1. The summed E-state index contributed by atoms with van der Waals surface area (Å²) in [5.74, 6) is 0.585. The smallest absolute Gasteiger partial charge is 0.211 e. The maximum absolute atomic E-state index is 11.6. The number of sulfonamides is 1. The molecule has 0 atom stereocenters. The summed E-state index contributed by atoms with van der Waals surface area (Å²) >= 11 is 0. The standard InChI is InChI=1S/C10H19NO3S/c12-10(5-2-6-10)8-11-15(13,14)7-9-3-1-4-9/h9,11-12H,1-8H2. The van der Waals surface area contributed by atoms with Gasteiger partial charge in [0, 0.05) is 6.54 Å². The molecular formula is C10H19NO3S. The number of hydrogen-bond donors (Lipinski definition) is 2. The van der Waals surface area contributed by atoms with Gasteiger partial charge in [0.15, 0.2) is 0 Å². The molecule has 4 nitrogen and oxygen atoms in total. The van der Waals surface area contributed by atoms with Gasteiger partial charge in [0.1, 0.15) is 0 Å². The predicted octanol–water partition coefficient (Wildman–Crippen LogP) is 0.621. The highest BCUT2D eigenvalue weighted by molar-refractivity contribution is 7.89. The molecule has 0 bridgehead atoms. The van der Waals surface area contributed by atoms with Crippen molar-refractivity contribution >= 4 is 10.0 Å². The monoisotopic (exact) mass is 233 g/mol.